The first-order chi connectivity index (χ1) is 5.92. The Morgan fingerprint density at radius 1 is 1.67 bits per heavy atom. The molecule has 2 nitrogen and oxygen atoms in total. The van der Waals surface area contributed by atoms with E-state index in [1.807, 2.05) is 20.2 Å². The summed E-state index contributed by atoms with van der Waals surface area (Å²) in [5, 5.41) is 3.16. The Bertz CT molecular complexity index is 281. The number of allylic oxidation sites excluding steroid dienone is 2. The fourth-order valence-electron chi connectivity index (χ4n) is 1.85. The highest BCUT2D eigenvalue weighted by molar-refractivity contribution is 5.68. The fourth-order valence-corrected chi connectivity index (χ4v) is 1.85. The third-order valence-corrected chi connectivity index (χ3v) is 2.57. The third-order valence-electron chi connectivity index (χ3n) is 2.57. The van der Waals surface area contributed by atoms with E-state index in [1.165, 1.54) is 12.1 Å². The highest BCUT2D eigenvalue weighted by atomic mass is 15.2. The number of hydrogen-bond donors (Lipinski definition) is 1. The van der Waals surface area contributed by atoms with E-state index in [9.17, 15) is 0 Å². The maximum Gasteiger partial charge on any atom is 0.109 e. The molecule has 2 aliphatic carbocycles. The van der Waals surface area contributed by atoms with Gasteiger partial charge in [0, 0.05) is 13.0 Å². The van der Waals surface area contributed by atoms with Gasteiger partial charge in [-0.05, 0) is 12.5 Å². The second-order valence-corrected chi connectivity index (χ2v) is 3.10. The lowest BCUT2D eigenvalue weighted by Gasteiger charge is -2.09. The number of nitrogens with zero attached hydrogens (tertiary/aromatic N) is 1. The summed E-state index contributed by atoms with van der Waals surface area (Å²) >= 11 is 0. The Hall–Kier alpha value is -1.05. The summed E-state index contributed by atoms with van der Waals surface area (Å²) in [6.45, 7) is 4.00. The molecule has 0 aromatic carbocycles. The van der Waals surface area contributed by atoms with Crippen molar-refractivity contribution in [2.45, 2.75) is 25.8 Å². The van der Waals surface area contributed by atoms with Crippen LogP contribution in [0.15, 0.2) is 28.9 Å². The van der Waals surface area contributed by atoms with Crippen molar-refractivity contribution in [2.75, 3.05) is 0 Å². The van der Waals surface area contributed by atoms with E-state index < -0.39 is 0 Å². The van der Waals surface area contributed by atoms with Gasteiger partial charge in [-0.3, -0.25) is 4.99 Å². The van der Waals surface area contributed by atoms with Gasteiger partial charge in [0.05, 0.1) is 6.34 Å². The molecular weight excluding hydrogens is 148 g/mol. The van der Waals surface area contributed by atoms with E-state index >= 15 is 0 Å². The Morgan fingerprint density at radius 3 is 3.25 bits per heavy atom. The number of rotatable bonds is 0. The van der Waals surface area contributed by atoms with Gasteiger partial charge < -0.3 is 5.32 Å². The van der Waals surface area contributed by atoms with Crippen LogP contribution in [-0.2, 0) is 0 Å². The maximum atomic E-state index is 4.41. The minimum Gasteiger partial charge on any atom is -0.348 e. The van der Waals surface area contributed by atoms with Crippen LogP contribution < -0.4 is 5.32 Å². The fraction of sp³-hybridized carbons (Fsp3) is 0.500. The predicted molar refractivity (Wildman–Crippen MR) is 53.2 cm³/mol. The Labute approximate surface area is 74.6 Å². The summed E-state index contributed by atoms with van der Waals surface area (Å²) in [5.74, 6) is 0.693. The Balaban J connectivity index is 0.000000266. The van der Waals surface area contributed by atoms with Crippen molar-refractivity contribution in [3.63, 3.8) is 0 Å². The average molecular weight is 164 g/mol. The molecule has 1 fully saturated rings. The lowest BCUT2D eigenvalue weighted by atomic mass is 10.1. The lowest BCUT2D eigenvalue weighted by Crippen LogP contribution is -2.17. The van der Waals surface area contributed by atoms with Crippen LogP contribution in [-0.4, -0.2) is 11.9 Å². The van der Waals surface area contributed by atoms with E-state index in [0.29, 0.717) is 5.92 Å². The molecule has 1 heterocycles. The van der Waals surface area contributed by atoms with Crippen molar-refractivity contribution in [3.8, 4) is 0 Å². The van der Waals surface area contributed by atoms with E-state index in [2.05, 4.69) is 28.5 Å². The number of nitrogens with one attached hydrogen (secondary N) is 1. The average Bonchev–Trinajstić information content (AvgIpc) is 2.70. The van der Waals surface area contributed by atoms with Crippen LogP contribution in [0.3, 0.4) is 0 Å². The summed E-state index contributed by atoms with van der Waals surface area (Å²) < 4.78 is 0. The summed E-state index contributed by atoms with van der Waals surface area (Å²) in [7, 11) is 0. The smallest absolute Gasteiger partial charge is 0.109 e. The van der Waals surface area contributed by atoms with Crippen LogP contribution in [0.25, 0.3) is 0 Å². The topological polar surface area (TPSA) is 24.4 Å². The molecule has 0 aromatic heterocycles. The molecule has 1 aliphatic heterocycles. The molecule has 12 heavy (non-hydrogen) atoms. The molecule has 1 N–H and O–H groups in total. The molecule has 66 valence electrons. The molecule has 3 aliphatic rings. The minimum absolute atomic E-state index is 0. The monoisotopic (exact) mass is 164 g/mol. The molecule has 0 amide bonds. The first-order valence-electron chi connectivity index (χ1n) is 4.61. The summed E-state index contributed by atoms with van der Waals surface area (Å²) in [6.07, 6.45) is 9.51. The van der Waals surface area contributed by atoms with Crippen molar-refractivity contribution in [3.05, 3.63) is 23.9 Å². The van der Waals surface area contributed by atoms with Crippen molar-refractivity contribution >= 4 is 6.34 Å². The van der Waals surface area contributed by atoms with Crippen LogP contribution in [0, 0.1) is 5.92 Å². The second-order valence-electron chi connectivity index (χ2n) is 3.10. The van der Waals surface area contributed by atoms with Gasteiger partial charge in [0.25, 0.3) is 0 Å². The highest BCUT2D eigenvalue weighted by Gasteiger charge is 2.58. The van der Waals surface area contributed by atoms with Crippen molar-refractivity contribution in [2.24, 2.45) is 10.9 Å². The van der Waals surface area contributed by atoms with Crippen LogP contribution in [0.1, 0.15) is 21.7 Å². The quantitative estimate of drug-likeness (QED) is 0.582. The molecule has 2 atom stereocenters. The normalized spacial score (nSPS) is 38.5. The molecule has 1 spiro atoms. The molecular formula is C10H16N2. The summed E-state index contributed by atoms with van der Waals surface area (Å²) in [4.78, 5) is 4.41. The van der Waals surface area contributed by atoms with Crippen LogP contribution in [0.2, 0.25) is 0 Å². The van der Waals surface area contributed by atoms with E-state index in [4.69, 9.17) is 0 Å². The van der Waals surface area contributed by atoms with Gasteiger partial charge in [-0.2, -0.15) is 0 Å². The molecule has 2 heteroatoms. The van der Waals surface area contributed by atoms with Gasteiger partial charge >= 0.3 is 0 Å². The Morgan fingerprint density at radius 2 is 2.50 bits per heavy atom. The first kappa shape index (κ1) is 7.59. The molecule has 0 aromatic rings. The lowest BCUT2D eigenvalue weighted by molar-refractivity contribution is 0.750. The molecule has 0 bridgehead atoms. The highest BCUT2D eigenvalue weighted by Crippen LogP contribution is 2.55. The zero-order valence-corrected chi connectivity index (χ0v) is 7.54. The van der Waals surface area contributed by atoms with Crippen LogP contribution >= 0.6 is 0 Å². The molecule has 0 saturated heterocycles. The van der Waals surface area contributed by atoms with Crippen LogP contribution in [0.5, 0.6) is 0 Å². The second kappa shape index (κ2) is 2.47. The number of hydrogen-bond acceptors (Lipinski definition) is 2. The van der Waals surface area contributed by atoms with E-state index in [1.54, 1.807) is 0 Å². The zero-order chi connectivity index (χ0) is 8.60. The van der Waals surface area contributed by atoms with Crippen molar-refractivity contribution in [1.82, 2.24) is 5.32 Å². The van der Waals surface area contributed by atoms with Crippen molar-refractivity contribution in [1.29, 1.82) is 0 Å². The maximum absolute atomic E-state index is 4.41. The third kappa shape index (κ3) is 0.779. The summed E-state index contributed by atoms with van der Waals surface area (Å²) in [5.41, 5.74) is 1.48. The predicted octanol–water partition coefficient (Wildman–Crippen LogP) is 2.10. The van der Waals surface area contributed by atoms with Gasteiger partial charge in [-0.15, -0.1) is 0 Å². The van der Waals surface area contributed by atoms with Gasteiger partial charge in [0.1, 0.15) is 5.54 Å². The van der Waals surface area contributed by atoms with Crippen LogP contribution in [0.4, 0.5) is 0 Å². The van der Waals surface area contributed by atoms with Gasteiger partial charge in [0.2, 0.25) is 0 Å². The van der Waals surface area contributed by atoms with E-state index in [-0.39, 0.29) is 6.97 Å². The molecule has 3 rings (SSSR count). The molecule has 0 radical (unpaired) electrons. The SMILES string of the molecule is C1=CC2CC23N=CNC3=C1.CC.[HH]. The molecule has 2 unspecified atom stereocenters. The van der Waals surface area contributed by atoms with E-state index in [0.717, 1.165) is 0 Å². The van der Waals surface area contributed by atoms with Gasteiger partial charge in [-0.25, -0.2) is 0 Å². The van der Waals surface area contributed by atoms with Crippen molar-refractivity contribution < 1.29 is 1.43 Å². The van der Waals surface area contributed by atoms with Gasteiger partial charge in [0.15, 0.2) is 0 Å². The molecule has 1 saturated carbocycles. The largest absolute Gasteiger partial charge is 0.348 e. The zero-order valence-electron chi connectivity index (χ0n) is 7.54. The number of aliphatic imine (C=N–C) groups is 1. The summed E-state index contributed by atoms with van der Waals surface area (Å²) in [6, 6.07) is 0. The first-order valence-corrected chi connectivity index (χ1v) is 4.61. The standard InChI is InChI=1S/C8H8N2.C2H6.H2/c1-2-6-4-8(6)7(3-1)9-5-10-8;1-2;/h1-3,5-6H,4H2,(H,9,10);1-2H3;1H. The minimum atomic E-state index is 0. The van der Waals surface area contributed by atoms with Gasteiger partial charge in [-0.1, -0.05) is 26.0 Å². The Kier molecular flexibility index (Phi) is 1.56.